The number of methoxy groups -OCH3 is 1. The maximum absolute atomic E-state index is 11.0. The predicted molar refractivity (Wildman–Crippen MR) is 53.5 cm³/mol. The van der Waals surface area contributed by atoms with Crippen molar-refractivity contribution in [3.05, 3.63) is 29.8 Å². The van der Waals surface area contributed by atoms with Crippen molar-refractivity contribution in [2.24, 2.45) is 0 Å². The minimum atomic E-state index is -1.01. The zero-order valence-electron chi connectivity index (χ0n) is 8.65. The second-order valence-electron chi connectivity index (χ2n) is 2.88. The largest absolute Gasteiger partial charge is 0.461 e. The van der Waals surface area contributed by atoms with E-state index in [2.05, 4.69) is 4.74 Å². The van der Waals surface area contributed by atoms with Gasteiger partial charge in [0.15, 0.2) is 0 Å². The van der Waals surface area contributed by atoms with Gasteiger partial charge in [-0.2, -0.15) is 0 Å². The van der Waals surface area contributed by atoms with Crippen LogP contribution in [0.3, 0.4) is 0 Å². The first-order valence-electron chi connectivity index (χ1n) is 4.56. The molecule has 1 aromatic carbocycles. The molecule has 1 rings (SSSR count). The fourth-order valence-electron chi connectivity index (χ4n) is 1.03. The molecule has 0 amide bonds. The molecule has 4 heteroatoms. The quantitative estimate of drug-likeness (QED) is 0.418. The van der Waals surface area contributed by atoms with E-state index < -0.39 is 11.9 Å². The van der Waals surface area contributed by atoms with Crippen LogP contribution >= 0.6 is 0 Å². The van der Waals surface area contributed by atoms with E-state index in [-0.39, 0.29) is 0 Å². The van der Waals surface area contributed by atoms with Crippen molar-refractivity contribution in [3.63, 3.8) is 0 Å². The van der Waals surface area contributed by atoms with Crippen LogP contribution in [0.25, 0.3) is 0 Å². The summed E-state index contributed by atoms with van der Waals surface area (Å²) in [7, 11) is 1.13. The SMILES string of the molecule is CCc1ccc(OC(=O)C(=O)OC)cc1. The molecule has 15 heavy (non-hydrogen) atoms. The van der Waals surface area contributed by atoms with E-state index in [1.807, 2.05) is 19.1 Å². The van der Waals surface area contributed by atoms with Crippen LogP contribution < -0.4 is 4.74 Å². The van der Waals surface area contributed by atoms with Crippen LogP contribution in [0, 0.1) is 0 Å². The van der Waals surface area contributed by atoms with Crippen molar-refractivity contribution in [1.82, 2.24) is 0 Å². The summed E-state index contributed by atoms with van der Waals surface area (Å²) in [4.78, 5) is 21.7. The minimum Gasteiger partial charge on any atom is -0.461 e. The molecule has 4 nitrogen and oxygen atoms in total. The fourth-order valence-corrected chi connectivity index (χ4v) is 1.03. The van der Waals surface area contributed by atoms with Crippen molar-refractivity contribution in [2.45, 2.75) is 13.3 Å². The monoisotopic (exact) mass is 208 g/mol. The van der Waals surface area contributed by atoms with Crippen LogP contribution in [-0.2, 0) is 20.7 Å². The number of aryl methyl sites for hydroxylation is 1. The highest BCUT2D eigenvalue weighted by molar-refractivity contribution is 6.30. The molecule has 0 aliphatic heterocycles. The highest BCUT2D eigenvalue weighted by Crippen LogP contribution is 2.12. The average Bonchev–Trinajstić information content (AvgIpc) is 2.29. The molecular weight excluding hydrogens is 196 g/mol. The van der Waals surface area contributed by atoms with Crippen LogP contribution in [0.1, 0.15) is 12.5 Å². The first kappa shape index (κ1) is 11.2. The zero-order chi connectivity index (χ0) is 11.3. The molecule has 0 atom stereocenters. The Bertz CT molecular complexity index is 353. The van der Waals surface area contributed by atoms with Crippen molar-refractivity contribution in [3.8, 4) is 5.75 Å². The number of rotatable bonds is 2. The molecule has 0 spiro atoms. The predicted octanol–water partition coefficient (Wildman–Crippen LogP) is 1.33. The number of benzene rings is 1. The molecule has 0 saturated carbocycles. The fraction of sp³-hybridized carbons (Fsp3) is 0.273. The van der Waals surface area contributed by atoms with Gasteiger partial charge in [-0.3, -0.25) is 0 Å². The smallest absolute Gasteiger partial charge is 0.422 e. The van der Waals surface area contributed by atoms with Crippen LogP contribution in [0.15, 0.2) is 24.3 Å². The lowest BCUT2D eigenvalue weighted by atomic mass is 10.2. The van der Waals surface area contributed by atoms with Crippen molar-refractivity contribution >= 4 is 11.9 Å². The summed E-state index contributed by atoms with van der Waals surface area (Å²) >= 11 is 0. The lowest BCUT2D eigenvalue weighted by Crippen LogP contribution is -2.21. The van der Waals surface area contributed by atoms with Gasteiger partial charge in [-0.05, 0) is 24.1 Å². The summed E-state index contributed by atoms with van der Waals surface area (Å²) < 4.78 is 8.97. The topological polar surface area (TPSA) is 52.6 Å². The normalized spacial score (nSPS) is 9.47. The molecule has 0 saturated heterocycles. The van der Waals surface area contributed by atoms with E-state index in [0.717, 1.165) is 19.1 Å². The second-order valence-corrected chi connectivity index (χ2v) is 2.88. The Morgan fingerprint density at radius 1 is 1.13 bits per heavy atom. The lowest BCUT2D eigenvalue weighted by molar-refractivity contribution is -0.160. The summed E-state index contributed by atoms with van der Waals surface area (Å²) in [5, 5.41) is 0. The number of ether oxygens (including phenoxy) is 2. The highest BCUT2D eigenvalue weighted by Gasteiger charge is 2.16. The maximum Gasteiger partial charge on any atom is 0.422 e. The number of hydrogen-bond donors (Lipinski definition) is 0. The molecule has 80 valence electrons. The van der Waals surface area contributed by atoms with Crippen LogP contribution in [0.2, 0.25) is 0 Å². The standard InChI is InChI=1S/C11H12O4/c1-3-8-4-6-9(7-5-8)15-11(13)10(12)14-2/h4-7H,3H2,1-2H3. The highest BCUT2D eigenvalue weighted by atomic mass is 16.6. The lowest BCUT2D eigenvalue weighted by Gasteiger charge is -2.03. The van der Waals surface area contributed by atoms with Crippen molar-refractivity contribution in [2.75, 3.05) is 7.11 Å². The van der Waals surface area contributed by atoms with Crippen LogP contribution in [0.5, 0.6) is 5.75 Å². The maximum atomic E-state index is 11.0. The van der Waals surface area contributed by atoms with Gasteiger partial charge in [-0.1, -0.05) is 19.1 Å². The van der Waals surface area contributed by atoms with Crippen LogP contribution in [0.4, 0.5) is 0 Å². The minimum absolute atomic E-state index is 0.336. The summed E-state index contributed by atoms with van der Waals surface area (Å²) in [6, 6.07) is 6.94. The molecule has 0 aliphatic carbocycles. The summed E-state index contributed by atoms with van der Waals surface area (Å²) in [5.74, 6) is -1.68. The first-order valence-corrected chi connectivity index (χ1v) is 4.56. The Morgan fingerprint density at radius 2 is 1.73 bits per heavy atom. The Balaban J connectivity index is 2.65. The summed E-state index contributed by atoms with van der Waals surface area (Å²) in [6.07, 6.45) is 0.908. The van der Waals surface area contributed by atoms with Gasteiger partial charge < -0.3 is 9.47 Å². The second kappa shape index (κ2) is 5.14. The number of carbonyl (C=O) groups is 2. The molecular formula is C11H12O4. The Hall–Kier alpha value is -1.84. The molecule has 0 radical (unpaired) electrons. The number of hydrogen-bond acceptors (Lipinski definition) is 4. The third kappa shape index (κ3) is 3.09. The molecule has 0 bridgehead atoms. The van der Waals surface area contributed by atoms with E-state index >= 15 is 0 Å². The Kier molecular flexibility index (Phi) is 3.85. The Labute approximate surface area is 87.8 Å². The molecule has 0 fully saturated rings. The van der Waals surface area contributed by atoms with E-state index in [4.69, 9.17) is 4.74 Å². The zero-order valence-corrected chi connectivity index (χ0v) is 8.65. The van der Waals surface area contributed by atoms with Crippen LogP contribution in [-0.4, -0.2) is 19.0 Å². The molecule has 0 aromatic heterocycles. The van der Waals surface area contributed by atoms with Crippen molar-refractivity contribution in [1.29, 1.82) is 0 Å². The summed E-state index contributed by atoms with van der Waals surface area (Å²) in [6.45, 7) is 2.02. The van der Waals surface area contributed by atoms with E-state index in [1.165, 1.54) is 0 Å². The Morgan fingerprint density at radius 3 is 2.20 bits per heavy atom. The van der Waals surface area contributed by atoms with E-state index in [0.29, 0.717) is 5.75 Å². The third-order valence-electron chi connectivity index (χ3n) is 1.89. The molecule has 0 unspecified atom stereocenters. The van der Waals surface area contributed by atoms with Gasteiger partial charge in [0.05, 0.1) is 7.11 Å². The molecule has 0 N–H and O–H groups in total. The first-order chi connectivity index (χ1) is 7.17. The molecule has 1 aromatic rings. The molecule has 0 aliphatic rings. The van der Waals surface area contributed by atoms with E-state index in [9.17, 15) is 9.59 Å². The van der Waals surface area contributed by atoms with Gasteiger partial charge in [-0.25, -0.2) is 9.59 Å². The molecule has 0 heterocycles. The summed E-state index contributed by atoms with van der Waals surface area (Å²) in [5.41, 5.74) is 1.13. The van der Waals surface area contributed by atoms with Gasteiger partial charge in [0.2, 0.25) is 0 Å². The van der Waals surface area contributed by atoms with Gasteiger partial charge in [0.25, 0.3) is 0 Å². The van der Waals surface area contributed by atoms with Gasteiger partial charge in [0.1, 0.15) is 5.75 Å². The van der Waals surface area contributed by atoms with Gasteiger partial charge in [-0.15, -0.1) is 0 Å². The number of carbonyl (C=O) groups excluding carboxylic acids is 2. The van der Waals surface area contributed by atoms with Gasteiger partial charge >= 0.3 is 11.9 Å². The van der Waals surface area contributed by atoms with Crippen molar-refractivity contribution < 1.29 is 19.1 Å². The third-order valence-corrected chi connectivity index (χ3v) is 1.89. The van der Waals surface area contributed by atoms with E-state index in [1.54, 1.807) is 12.1 Å². The van der Waals surface area contributed by atoms with Gasteiger partial charge in [0, 0.05) is 0 Å². The number of esters is 2. The average molecular weight is 208 g/mol.